The zero-order chi connectivity index (χ0) is 25.8. The number of nitrogens with one attached hydrogen (secondary N) is 2. The van der Waals surface area contributed by atoms with Crippen LogP contribution in [-0.4, -0.2) is 52.5 Å². The van der Waals surface area contributed by atoms with Gasteiger partial charge >= 0.3 is 0 Å². The fourth-order valence-corrected chi connectivity index (χ4v) is 4.33. The minimum Gasteiger partial charge on any atom is -0.385 e. The number of hydrogen-bond donors (Lipinski definition) is 2. The topological polar surface area (TPSA) is 86.9 Å². The molecule has 188 valence electrons. The van der Waals surface area contributed by atoms with E-state index in [9.17, 15) is 9.18 Å². The number of allylic oxidation sites excluding steroid dienone is 2. The molecule has 1 amide bonds. The normalized spacial score (nSPS) is 18.6. The number of imidazole rings is 1. The molecule has 2 aliphatic rings. The Morgan fingerprint density at radius 2 is 2.11 bits per heavy atom. The summed E-state index contributed by atoms with van der Waals surface area (Å²) in [4.78, 5) is 23.8. The number of nitrogens with zero attached hydrogens (tertiary/aromatic N) is 5. The van der Waals surface area contributed by atoms with Gasteiger partial charge in [-0.05, 0) is 25.0 Å². The summed E-state index contributed by atoms with van der Waals surface area (Å²) in [6.07, 6.45) is 7.01. The molecule has 1 saturated carbocycles. The molecule has 2 aromatic heterocycles. The van der Waals surface area contributed by atoms with Crippen molar-refractivity contribution in [1.29, 1.82) is 0 Å². The van der Waals surface area contributed by atoms with Gasteiger partial charge in [0, 0.05) is 43.5 Å². The lowest BCUT2D eigenvalue weighted by molar-refractivity contribution is 0.0940. The molecule has 9 heteroatoms. The maximum atomic E-state index is 13.3. The molecule has 2 unspecified atom stereocenters. The molecule has 1 aliphatic heterocycles. The quantitative estimate of drug-likeness (QED) is 0.459. The van der Waals surface area contributed by atoms with Crippen LogP contribution < -0.4 is 15.5 Å². The van der Waals surface area contributed by atoms with Crippen molar-refractivity contribution >= 4 is 40.7 Å². The van der Waals surface area contributed by atoms with Gasteiger partial charge in [0.05, 0.1) is 23.6 Å². The molecule has 3 heterocycles. The summed E-state index contributed by atoms with van der Waals surface area (Å²) in [6, 6.07) is 7.64. The molecule has 3 aromatic rings. The minimum absolute atomic E-state index is 0.274. The van der Waals surface area contributed by atoms with Crippen molar-refractivity contribution in [1.82, 2.24) is 19.9 Å². The zero-order valence-corrected chi connectivity index (χ0v) is 21.1. The van der Waals surface area contributed by atoms with E-state index in [-0.39, 0.29) is 11.6 Å². The third kappa shape index (κ3) is 4.60. The number of fused-ring (bicyclic) bond motifs is 2. The Labute approximate surface area is 210 Å². The molecule has 5 rings (SSSR count). The number of anilines is 3. The molecule has 1 aliphatic carbocycles. The molecule has 0 radical (unpaired) electrons. The highest BCUT2D eigenvalue weighted by Crippen LogP contribution is 2.39. The number of hydrogen-bond acceptors (Lipinski definition) is 6. The van der Waals surface area contributed by atoms with Crippen LogP contribution in [0.25, 0.3) is 11.3 Å². The number of halogens is 1. The van der Waals surface area contributed by atoms with Crippen molar-refractivity contribution in [3.8, 4) is 0 Å². The SMILES string of the molecule is C=CC=N/C(=C\C)c1cccc2c1CCN2c1cc(NC)c2ncc(C(=O)NC3CC3F)n2n1.CC. The third-order valence-corrected chi connectivity index (χ3v) is 6.16. The van der Waals surface area contributed by atoms with Crippen molar-refractivity contribution in [3.63, 3.8) is 0 Å². The summed E-state index contributed by atoms with van der Waals surface area (Å²) < 4.78 is 14.8. The van der Waals surface area contributed by atoms with Crippen molar-refractivity contribution in [2.24, 2.45) is 4.99 Å². The van der Waals surface area contributed by atoms with Crippen LogP contribution in [0.15, 0.2) is 54.2 Å². The van der Waals surface area contributed by atoms with Gasteiger partial charge < -0.3 is 15.5 Å². The van der Waals surface area contributed by atoms with E-state index in [1.807, 2.05) is 39.0 Å². The average Bonchev–Trinajstić information content (AvgIpc) is 3.27. The second-order valence-corrected chi connectivity index (χ2v) is 8.27. The number of alkyl halides is 1. The van der Waals surface area contributed by atoms with Gasteiger partial charge in [-0.1, -0.05) is 44.7 Å². The Balaban J connectivity index is 0.00000148. The van der Waals surface area contributed by atoms with Crippen molar-refractivity contribution in [2.75, 3.05) is 23.8 Å². The van der Waals surface area contributed by atoms with Crippen LogP contribution >= 0.6 is 0 Å². The Morgan fingerprint density at radius 3 is 2.78 bits per heavy atom. The number of benzene rings is 1. The maximum absolute atomic E-state index is 13.3. The number of aliphatic imine (C=N–C) groups is 1. The molecule has 1 fully saturated rings. The van der Waals surface area contributed by atoms with Gasteiger partial charge in [0.1, 0.15) is 6.17 Å². The van der Waals surface area contributed by atoms with Gasteiger partial charge in [-0.15, -0.1) is 5.10 Å². The van der Waals surface area contributed by atoms with Crippen LogP contribution in [0.5, 0.6) is 0 Å². The minimum atomic E-state index is -0.979. The highest BCUT2D eigenvalue weighted by Gasteiger charge is 2.39. The molecule has 0 bridgehead atoms. The van der Waals surface area contributed by atoms with E-state index in [0.29, 0.717) is 17.9 Å². The van der Waals surface area contributed by atoms with E-state index >= 15 is 0 Å². The summed E-state index contributed by atoms with van der Waals surface area (Å²) >= 11 is 0. The average molecular weight is 490 g/mol. The lowest BCUT2D eigenvalue weighted by atomic mass is 10.0. The molecule has 1 aromatic carbocycles. The summed E-state index contributed by atoms with van der Waals surface area (Å²) in [5.74, 6) is 0.303. The van der Waals surface area contributed by atoms with Gasteiger partial charge in [-0.3, -0.25) is 9.79 Å². The number of rotatable bonds is 7. The van der Waals surface area contributed by atoms with Crippen LogP contribution in [0.2, 0.25) is 0 Å². The maximum Gasteiger partial charge on any atom is 0.271 e. The van der Waals surface area contributed by atoms with E-state index in [2.05, 4.69) is 44.2 Å². The smallest absolute Gasteiger partial charge is 0.271 e. The van der Waals surface area contributed by atoms with Crippen LogP contribution in [-0.2, 0) is 6.42 Å². The third-order valence-electron chi connectivity index (χ3n) is 6.16. The van der Waals surface area contributed by atoms with E-state index < -0.39 is 12.2 Å². The zero-order valence-electron chi connectivity index (χ0n) is 21.1. The number of carbonyl (C=O) groups excluding carboxylic acids is 1. The van der Waals surface area contributed by atoms with Gasteiger partial charge in [0.15, 0.2) is 17.2 Å². The fourth-order valence-electron chi connectivity index (χ4n) is 4.33. The predicted octanol–water partition coefficient (Wildman–Crippen LogP) is 4.95. The molecule has 0 saturated heterocycles. The Morgan fingerprint density at radius 1 is 1.33 bits per heavy atom. The summed E-state index contributed by atoms with van der Waals surface area (Å²) in [5, 5.41) is 10.6. The summed E-state index contributed by atoms with van der Waals surface area (Å²) in [5.41, 5.74) is 5.75. The van der Waals surface area contributed by atoms with Crippen molar-refractivity contribution in [3.05, 3.63) is 66.0 Å². The first kappa shape index (κ1) is 25.1. The second kappa shape index (κ2) is 10.7. The summed E-state index contributed by atoms with van der Waals surface area (Å²) in [7, 11) is 1.80. The predicted molar refractivity (Wildman–Crippen MR) is 144 cm³/mol. The van der Waals surface area contributed by atoms with Gasteiger partial charge in [-0.2, -0.15) is 0 Å². The van der Waals surface area contributed by atoms with E-state index in [0.717, 1.165) is 35.6 Å². The molecule has 2 N–H and O–H groups in total. The van der Waals surface area contributed by atoms with Crippen LogP contribution in [0.4, 0.5) is 21.6 Å². The van der Waals surface area contributed by atoms with E-state index in [4.69, 9.17) is 5.10 Å². The first-order valence-corrected chi connectivity index (χ1v) is 12.3. The molecule has 36 heavy (non-hydrogen) atoms. The van der Waals surface area contributed by atoms with E-state index in [1.54, 1.807) is 19.3 Å². The number of amides is 1. The largest absolute Gasteiger partial charge is 0.385 e. The first-order valence-electron chi connectivity index (χ1n) is 12.3. The fraction of sp³-hybridized carbons (Fsp3) is 0.333. The number of carbonyl (C=O) groups is 1. The van der Waals surface area contributed by atoms with Gasteiger partial charge in [-0.25, -0.2) is 13.9 Å². The van der Waals surface area contributed by atoms with Crippen LogP contribution in [0.3, 0.4) is 0 Å². The van der Waals surface area contributed by atoms with Crippen molar-refractivity contribution in [2.45, 2.75) is 45.8 Å². The first-order chi connectivity index (χ1) is 17.5. The van der Waals surface area contributed by atoms with Gasteiger partial charge in [0.25, 0.3) is 5.91 Å². The Kier molecular flexibility index (Phi) is 7.47. The molecule has 2 atom stereocenters. The van der Waals surface area contributed by atoms with Crippen LogP contribution in [0, 0.1) is 0 Å². The molecule has 0 spiro atoms. The van der Waals surface area contributed by atoms with E-state index in [1.165, 1.54) is 16.3 Å². The van der Waals surface area contributed by atoms with Gasteiger partial charge in [0.2, 0.25) is 0 Å². The molecule has 8 nitrogen and oxygen atoms in total. The molecular weight excluding hydrogens is 457 g/mol. The lowest BCUT2D eigenvalue weighted by Crippen LogP contribution is -2.28. The molecular formula is C27H32FN7O. The highest BCUT2D eigenvalue weighted by molar-refractivity contribution is 5.94. The monoisotopic (exact) mass is 489 g/mol. The lowest BCUT2D eigenvalue weighted by Gasteiger charge is -2.20. The number of aromatic nitrogens is 3. The van der Waals surface area contributed by atoms with Crippen LogP contribution in [0.1, 0.15) is 48.8 Å². The Bertz CT molecular complexity index is 1340. The second-order valence-electron chi connectivity index (χ2n) is 8.27. The standard InChI is InChI=1S/C25H26FN7O.C2H6/c1-4-10-28-18(5-2)15-7-6-8-21-16(15)9-11-32(21)23-13-20(27-3)24-29-14-22(33(24)31-23)25(34)30-19-12-17(19)26;1-2/h4-8,10,13-14,17,19,27H,1,9,11-12H2,2-3H3,(H,30,34);1-2H3/b18-5-,28-10?;. The highest BCUT2D eigenvalue weighted by atomic mass is 19.1. The van der Waals surface area contributed by atoms with Crippen molar-refractivity contribution < 1.29 is 9.18 Å². The summed E-state index contributed by atoms with van der Waals surface area (Å²) in [6.45, 7) is 10.4. The Hall–Kier alpha value is -4.01.